The van der Waals surface area contributed by atoms with Crippen LogP contribution in [-0.4, -0.2) is 16.0 Å². The molecule has 0 unspecified atom stereocenters. The summed E-state index contributed by atoms with van der Waals surface area (Å²) in [4.78, 5) is 16.0. The van der Waals surface area contributed by atoms with Crippen molar-refractivity contribution >= 4 is 43.6 Å². The van der Waals surface area contributed by atoms with Gasteiger partial charge in [0, 0.05) is 5.56 Å². The lowest BCUT2D eigenvalue weighted by Gasteiger charge is -2.05. The molecular formula is C12H8Br2N2O2. The molecule has 1 heterocycles. The van der Waals surface area contributed by atoms with E-state index in [1.807, 2.05) is 0 Å². The number of nitrogens with zero attached hydrogens (tertiary/aromatic N) is 1. The van der Waals surface area contributed by atoms with Gasteiger partial charge in [-0.25, -0.2) is 4.98 Å². The maximum Gasteiger partial charge on any atom is 0.256 e. The molecule has 0 radical (unpaired) electrons. The average molecular weight is 372 g/mol. The van der Waals surface area contributed by atoms with Gasteiger partial charge in [-0.3, -0.25) is 4.79 Å². The third-order valence-corrected chi connectivity index (χ3v) is 3.28. The van der Waals surface area contributed by atoms with E-state index in [1.54, 1.807) is 30.3 Å². The normalized spacial score (nSPS) is 10.1. The Bertz CT molecular complexity index is 602. The monoisotopic (exact) mass is 370 g/mol. The molecule has 0 fully saturated rings. The van der Waals surface area contributed by atoms with Gasteiger partial charge in [-0.15, -0.1) is 0 Å². The number of hydrogen-bond acceptors (Lipinski definition) is 3. The Morgan fingerprint density at radius 2 is 2.00 bits per heavy atom. The molecule has 0 atom stereocenters. The fourth-order valence-corrected chi connectivity index (χ4v) is 1.91. The molecule has 0 aliphatic carbocycles. The Balaban J connectivity index is 2.19. The fourth-order valence-electron chi connectivity index (χ4n) is 1.32. The van der Waals surface area contributed by atoms with Crippen LogP contribution < -0.4 is 5.32 Å². The largest absolute Gasteiger partial charge is 0.507 e. The van der Waals surface area contributed by atoms with Crippen molar-refractivity contribution in [2.45, 2.75) is 0 Å². The van der Waals surface area contributed by atoms with Crippen molar-refractivity contribution in [3.8, 4) is 5.75 Å². The van der Waals surface area contributed by atoms with Crippen LogP contribution in [0.3, 0.4) is 0 Å². The predicted octanol–water partition coefficient (Wildman–Crippen LogP) is 3.56. The summed E-state index contributed by atoms with van der Waals surface area (Å²) in [6.07, 6.45) is 0. The first-order valence-electron chi connectivity index (χ1n) is 4.98. The van der Waals surface area contributed by atoms with Crippen LogP contribution in [-0.2, 0) is 0 Å². The second kappa shape index (κ2) is 5.49. The molecule has 6 heteroatoms. The smallest absolute Gasteiger partial charge is 0.256 e. The van der Waals surface area contributed by atoms with Crippen molar-refractivity contribution in [3.63, 3.8) is 0 Å². The highest BCUT2D eigenvalue weighted by Crippen LogP contribution is 2.24. The zero-order valence-electron chi connectivity index (χ0n) is 9.02. The molecule has 0 aliphatic heterocycles. The van der Waals surface area contributed by atoms with Gasteiger partial charge in [-0.2, -0.15) is 0 Å². The molecule has 1 aromatic heterocycles. The van der Waals surface area contributed by atoms with Crippen molar-refractivity contribution in [1.29, 1.82) is 0 Å². The van der Waals surface area contributed by atoms with Crippen molar-refractivity contribution in [2.75, 3.05) is 5.32 Å². The maximum atomic E-state index is 11.9. The molecule has 92 valence electrons. The number of carbonyl (C=O) groups excluding carboxylic acids is 1. The summed E-state index contributed by atoms with van der Waals surface area (Å²) in [5.74, 6) is 0.130. The number of phenolic OH excluding ortho intramolecular Hbond substituents is 1. The van der Waals surface area contributed by atoms with Crippen LogP contribution in [0.25, 0.3) is 0 Å². The summed E-state index contributed by atoms with van der Waals surface area (Å²) >= 11 is 6.38. The molecule has 0 bridgehead atoms. The Hall–Kier alpha value is -1.40. The summed E-state index contributed by atoms with van der Waals surface area (Å²) in [6, 6.07) is 9.82. The van der Waals surface area contributed by atoms with Crippen molar-refractivity contribution in [1.82, 2.24) is 4.98 Å². The molecule has 4 nitrogen and oxygen atoms in total. The lowest BCUT2D eigenvalue weighted by molar-refractivity contribution is 0.102. The zero-order chi connectivity index (χ0) is 13.1. The van der Waals surface area contributed by atoms with Gasteiger partial charge in [0.25, 0.3) is 5.91 Å². The van der Waals surface area contributed by atoms with Crippen LogP contribution in [0.15, 0.2) is 45.5 Å². The molecule has 1 aromatic carbocycles. The van der Waals surface area contributed by atoms with Crippen molar-refractivity contribution < 1.29 is 9.90 Å². The second-order valence-corrected chi connectivity index (χ2v) is 5.13. The molecule has 2 rings (SSSR count). The van der Waals surface area contributed by atoms with E-state index in [2.05, 4.69) is 42.2 Å². The van der Waals surface area contributed by atoms with Crippen LogP contribution in [0.2, 0.25) is 0 Å². The molecule has 0 spiro atoms. The summed E-state index contributed by atoms with van der Waals surface area (Å²) in [5.41, 5.74) is 0.359. The fraction of sp³-hybridized carbons (Fsp3) is 0. The number of halogens is 2. The number of nitrogens with one attached hydrogen (secondary N) is 1. The average Bonchev–Trinajstić information content (AvgIpc) is 2.32. The van der Waals surface area contributed by atoms with E-state index in [-0.39, 0.29) is 11.7 Å². The number of rotatable bonds is 2. The number of benzene rings is 1. The van der Waals surface area contributed by atoms with Crippen LogP contribution in [0, 0.1) is 0 Å². The highest BCUT2D eigenvalue weighted by atomic mass is 79.9. The quantitative estimate of drug-likeness (QED) is 0.793. The lowest BCUT2D eigenvalue weighted by Crippen LogP contribution is -2.12. The van der Waals surface area contributed by atoms with Gasteiger partial charge in [-0.1, -0.05) is 6.07 Å². The van der Waals surface area contributed by atoms with E-state index in [1.165, 1.54) is 6.07 Å². The second-order valence-electron chi connectivity index (χ2n) is 3.47. The van der Waals surface area contributed by atoms with Crippen molar-refractivity contribution in [3.05, 3.63) is 51.0 Å². The maximum absolute atomic E-state index is 11.9. The Morgan fingerprint density at radius 3 is 2.67 bits per heavy atom. The molecule has 18 heavy (non-hydrogen) atoms. The molecule has 2 aromatic rings. The Kier molecular flexibility index (Phi) is 3.98. The molecule has 1 amide bonds. The first-order valence-corrected chi connectivity index (χ1v) is 6.57. The number of aromatic nitrogens is 1. The number of aromatic hydroxyl groups is 1. The number of pyridine rings is 1. The minimum atomic E-state index is -0.330. The molecule has 0 saturated heterocycles. The van der Waals surface area contributed by atoms with E-state index in [9.17, 15) is 9.90 Å². The minimum absolute atomic E-state index is 0.0184. The van der Waals surface area contributed by atoms with Gasteiger partial charge in [0.2, 0.25) is 0 Å². The van der Waals surface area contributed by atoms with Gasteiger partial charge in [0.1, 0.15) is 16.2 Å². The van der Waals surface area contributed by atoms with Gasteiger partial charge >= 0.3 is 0 Å². The highest BCUT2D eigenvalue weighted by molar-refractivity contribution is 9.10. The van der Waals surface area contributed by atoms with Gasteiger partial charge < -0.3 is 10.4 Å². The van der Waals surface area contributed by atoms with Gasteiger partial charge in [0.05, 0.1) is 4.47 Å². The topological polar surface area (TPSA) is 62.2 Å². The number of carbonyl (C=O) groups is 1. The predicted molar refractivity (Wildman–Crippen MR) is 75.7 cm³/mol. The Labute approximate surface area is 120 Å². The summed E-state index contributed by atoms with van der Waals surface area (Å²) in [6.45, 7) is 0. The SMILES string of the molecule is O=C(Nc1cccc(Br)n1)c1ccc(Br)c(O)c1. The van der Waals surface area contributed by atoms with Gasteiger partial charge in [0.15, 0.2) is 0 Å². The van der Waals surface area contributed by atoms with Crippen LogP contribution >= 0.6 is 31.9 Å². The molecule has 0 saturated carbocycles. The first-order chi connectivity index (χ1) is 8.56. The van der Waals surface area contributed by atoms with E-state index in [0.29, 0.717) is 20.5 Å². The lowest BCUT2D eigenvalue weighted by atomic mass is 10.2. The van der Waals surface area contributed by atoms with E-state index >= 15 is 0 Å². The third-order valence-electron chi connectivity index (χ3n) is 2.17. The van der Waals surface area contributed by atoms with E-state index in [0.717, 1.165) is 0 Å². The highest BCUT2D eigenvalue weighted by Gasteiger charge is 2.09. The summed E-state index contributed by atoms with van der Waals surface area (Å²) in [7, 11) is 0. The molecule has 2 N–H and O–H groups in total. The Morgan fingerprint density at radius 1 is 1.22 bits per heavy atom. The number of phenols is 1. The van der Waals surface area contributed by atoms with Crippen LogP contribution in [0.1, 0.15) is 10.4 Å². The summed E-state index contributed by atoms with van der Waals surface area (Å²) < 4.78 is 1.18. The third kappa shape index (κ3) is 3.08. The van der Waals surface area contributed by atoms with Gasteiger partial charge in [-0.05, 0) is 62.2 Å². The number of amides is 1. The molecule has 0 aliphatic rings. The molecular weight excluding hydrogens is 364 g/mol. The zero-order valence-corrected chi connectivity index (χ0v) is 12.2. The number of hydrogen-bond donors (Lipinski definition) is 2. The van der Waals surface area contributed by atoms with E-state index < -0.39 is 0 Å². The van der Waals surface area contributed by atoms with Crippen LogP contribution in [0.5, 0.6) is 5.75 Å². The first kappa shape index (κ1) is 13.0. The van der Waals surface area contributed by atoms with Crippen LogP contribution in [0.4, 0.5) is 5.82 Å². The summed E-state index contributed by atoms with van der Waals surface area (Å²) in [5, 5.41) is 12.1. The van der Waals surface area contributed by atoms with Crippen molar-refractivity contribution in [2.24, 2.45) is 0 Å². The number of anilines is 1. The standard InChI is InChI=1S/C12H8Br2N2O2/c13-8-5-4-7(6-9(8)17)12(18)16-11-3-1-2-10(14)15-11/h1-6,17H,(H,15,16,18). The minimum Gasteiger partial charge on any atom is -0.507 e. The van der Waals surface area contributed by atoms with E-state index in [4.69, 9.17) is 0 Å².